The molecule has 0 aliphatic heterocycles. The van der Waals surface area contributed by atoms with Crippen molar-refractivity contribution in [3.63, 3.8) is 0 Å². The van der Waals surface area contributed by atoms with Gasteiger partial charge >= 0.3 is 0 Å². The number of benzene rings is 2. The van der Waals surface area contributed by atoms with E-state index in [9.17, 15) is 9.59 Å². The molecule has 3 rings (SSSR count). The molecule has 0 saturated carbocycles. The second kappa shape index (κ2) is 7.58. The largest absolute Gasteiger partial charge is 0.366 e. The first-order chi connectivity index (χ1) is 12.5. The number of carbonyl (C=O) groups is 2. The third-order valence-corrected chi connectivity index (χ3v) is 4.11. The molecule has 1 heterocycles. The van der Waals surface area contributed by atoms with Crippen LogP contribution in [0.25, 0.3) is 10.9 Å². The zero-order valence-electron chi connectivity index (χ0n) is 14.5. The van der Waals surface area contributed by atoms with E-state index in [1.54, 1.807) is 24.3 Å². The Labute approximate surface area is 151 Å². The summed E-state index contributed by atoms with van der Waals surface area (Å²) in [6.07, 6.45) is 2.30. The fraction of sp³-hybridized carbons (Fsp3) is 0.143. The van der Waals surface area contributed by atoms with Crippen LogP contribution < -0.4 is 11.1 Å². The molecule has 3 aromatic rings. The summed E-state index contributed by atoms with van der Waals surface area (Å²) in [7, 11) is 1.97. The number of para-hydroxylation sites is 1. The highest BCUT2D eigenvalue weighted by atomic mass is 16.1. The van der Waals surface area contributed by atoms with Gasteiger partial charge in [-0.1, -0.05) is 30.0 Å². The van der Waals surface area contributed by atoms with E-state index in [0.29, 0.717) is 12.0 Å². The highest BCUT2D eigenvalue weighted by Crippen LogP contribution is 2.20. The van der Waals surface area contributed by atoms with E-state index in [-0.39, 0.29) is 12.5 Å². The summed E-state index contributed by atoms with van der Waals surface area (Å²) in [6, 6.07) is 14.7. The number of nitrogens with one attached hydrogen (secondary N) is 1. The molecule has 5 nitrogen and oxygen atoms in total. The van der Waals surface area contributed by atoms with Crippen LogP contribution in [0.15, 0.2) is 54.7 Å². The number of hydrogen-bond donors (Lipinski definition) is 2. The zero-order chi connectivity index (χ0) is 18.5. The number of amides is 2. The maximum Gasteiger partial charge on any atom is 0.248 e. The van der Waals surface area contributed by atoms with Crippen molar-refractivity contribution in [2.45, 2.75) is 6.42 Å². The second-order valence-electron chi connectivity index (χ2n) is 5.98. The van der Waals surface area contributed by atoms with Crippen LogP contribution in [0.1, 0.15) is 21.5 Å². The Balaban J connectivity index is 1.57. The minimum atomic E-state index is -0.467. The number of aryl methyl sites for hydroxylation is 1. The number of hydrogen-bond acceptors (Lipinski definition) is 2. The maximum atomic E-state index is 12.2. The van der Waals surface area contributed by atoms with E-state index in [4.69, 9.17) is 5.73 Å². The number of fused-ring (bicyclic) bond motifs is 1. The van der Waals surface area contributed by atoms with E-state index in [0.717, 1.165) is 22.0 Å². The molecule has 130 valence electrons. The lowest BCUT2D eigenvalue weighted by Gasteiger charge is -2.00. The molecular weight excluding hydrogens is 326 g/mol. The molecule has 0 saturated heterocycles. The molecule has 0 aliphatic carbocycles. The van der Waals surface area contributed by atoms with Crippen molar-refractivity contribution in [3.05, 3.63) is 71.4 Å². The van der Waals surface area contributed by atoms with Crippen molar-refractivity contribution >= 4 is 22.7 Å². The van der Waals surface area contributed by atoms with Crippen LogP contribution in [0.3, 0.4) is 0 Å². The van der Waals surface area contributed by atoms with Gasteiger partial charge in [0.05, 0.1) is 13.0 Å². The number of aromatic nitrogens is 1. The van der Waals surface area contributed by atoms with Gasteiger partial charge in [0.25, 0.3) is 0 Å². The lowest BCUT2D eigenvalue weighted by Crippen LogP contribution is -2.25. The fourth-order valence-corrected chi connectivity index (χ4v) is 2.81. The monoisotopic (exact) mass is 345 g/mol. The second-order valence-corrected chi connectivity index (χ2v) is 5.98. The normalized spacial score (nSPS) is 10.2. The maximum absolute atomic E-state index is 12.2. The Morgan fingerprint density at radius 2 is 1.85 bits per heavy atom. The van der Waals surface area contributed by atoms with E-state index < -0.39 is 5.91 Å². The summed E-state index contributed by atoms with van der Waals surface area (Å²) in [4.78, 5) is 23.2. The number of nitrogens with zero attached hydrogens (tertiary/aromatic N) is 1. The first kappa shape index (κ1) is 17.3. The summed E-state index contributed by atoms with van der Waals surface area (Å²) < 4.78 is 2.02. The first-order valence-corrected chi connectivity index (χ1v) is 8.23. The van der Waals surface area contributed by atoms with Crippen molar-refractivity contribution < 1.29 is 9.59 Å². The van der Waals surface area contributed by atoms with Crippen LogP contribution in [-0.2, 0) is 18.3 Å². The van der Waals surface area contributed by atoms with Crippen molar-refractivity contribution in [3.8, 4) is 11.8 Å². The van der Waals surface area contributed by atoms with Gasteiger partial charge in [0.2, 0.25) is 11.8 Å². The summed E-state index contributed by atoms with van der Waals surface area (Å²) >= 11 is 0. The van der Waals surface area contributed by atoms with Gasteiger partial charge in [-0.2, -0.15) is 0 Å². The van der Waals surface area contributed by atoms with Crippen molar-refractivity contribution in [1.29, 1.82) is 0 Å². The molecule has 26 heavy (non-hydrogen) atoms. The Morgan fingerprint density at radius 1 is 1.12 bits per heavy atom. The molecule has 1 aromatic heterocycles. The highest BCUT2D eigenvalue weighted by Gasteiger charge is 2.09. The molecular formula is C21H19N3O2. The van der Waals surface area contributed by atoms with Gasteiger partial charge in [-0.25, -0.2) is 0 Å². The van der Waals surface area contributed by atoms with Gasteiger partial charge in [-0.15, -0.1) is 0 Å². The SMILES string of the molecule is Cn1cc(CC(=O)NCC#Cc2ccc(C(N)=O)cc2)c2ccccc21. The molecule has 2 amide bonds. The Kier molecular flexibility index (Phi) is 5.04. The third-order valence-electron chi connectivity index (χ3n) is 4.11. The fourth-order valence-electron chi connectivity index (χ4n) is 2.81. The lowest BCUT2D eigenvalue weighted by atomic mass is 10.1. The lowest BCUT2D eigenvalue weighted by molar-refractivity contribution is -0.120. The molecule has 0 atom stereocenters. The minimum absolute atomic E-state index is 0.0697. The van der Waals surface area contributed by atoms with Crippen LogP contribution in [-0.4, -0.2) is 22.9 Å². The quantitative estimate of drug-likeness (QED) is 0.710. The number of rotatable bonds is 4. The zero-order valence-corrected chi connectivity index (χ0v) is 14.5. The van der Waals surface area contributed by atoms with Crippen molar-refractivity contribution in [2.24, 2.45) is 12.8 Å². The van der Waals surface area contributed by atoms with Crippen LogP contribution in [0.4, 0.5) is 0 Å². The van der Waals surface area contributed by atoms with Crippen LogP contribution in [0.5, 0.6) is 0 Å². The van der Waals surface area contributed by atoms with Crippen molar-refractivity contribution in [1.82, 2.24) is 9.88 Å². The van der Waals surface area contributed by atoms with Gasteiger partial charge in [0.1, 0.15) is 0 Å². The predicted octanol–water partition coefficient (Wildman–Crippen LogP) is 1.99. The number of nitrogens with two attached hydrogens (primary N) is 1. The number of carbonyl (C=O) groups excluding carboxylic acids is 2. The molecule has 0 aliphatic rings. The molecule has 0 unspecified atom stereocenters. The predicted molar refractivity (Wildman–Crippen MR) is 101 cm³/mol. The van der Waals surface area contributed by atoms with E-state index in [1.807, 2.05) is 42.1 Å². The molecule has 0 spiro atoms. The third kappa shape index (κ3) is 3.93. The van der Waals surface area contributed by atoms with E-state index >= 15 is 0 Å². The highest BCUT2D eigenvalue weighted by molar-refractivity contribution is 5.92. The van der Waals surface area contributed by atoms with Gasteiger partial charge < -0.3 is 15.6 Å². The van der Waals surface area contributed by atoms with E-state index in [2.05, 4.69) is 17.2 Å². The molecule has 0 fully saturated rings. The smallest absolute Gasteiger partial charge is 0.248 e. The minimum Gasteiger partial charge on any atom is -0.366 e. The Hall–Kier alpha value is -3.52. The van der Waals surface area contributed by atoms with Crippen LogP contribution in [0, 0.1) is 11.8 Å². The average Bonchev–Trinajstić information content (AvgIpc) is 2.95. The summed E-state index contributed by atoms with van der Waals surface area (Å²) in [5.41, 5.74) is 8.50. The van der Waals surface area contributed by atoms with Gasteiger partial charge in [0, 0.05) is 35.3 Å². The summed E-state index contributed by atoms with van der Waals surface area (Å²) in [5, 5.41) is 3.90. The summed E-state index contributed by atoms with van der Waals surface area (Å²) in [6.45, 7) is 0.265. The molecule has 0 radical (unpaired) electrons. The van der Waals surface area contributed by atoms with Gasteiger partial charge in [0.15, 0.2) is 0 Å². The molecule has 2 aromatic carbocycles. The molecule has 3 N–H and O–H groups in total. The van der Waals surface area contributed by atoms with Gasteiger partial charge in [-0.05, 0) is 35.9 Å². The standard InChI is InChI=1S/C21H19N3O2/c1-24-14-17(18-6-2-3-7-19(18)24)13-20(25)23-12-4-5-15-8-10-16(11-9-15)21(22)26/h2-3,6-11,14H,12-13H2,1H3,(H2,22,26)(H,23,25). The average molecular weight is 345 g/mol. The van der Waals surface area contributed by atoms with Crippen LogP contribution in [0.2, 0.25) is 0 Å². The molecule has 5 heteroatoms. The van der Waals surface area contributed by atoms with Crippen LogP contribution >= 0.6 is 0 Å². The Bertz CT molecular complexity index is 1020. The van der Waals surface area contributed by atoms with E-state index in [1.165, 1.54) is 0 Å². The topological polar surface area (TPSA) is 77.1 Å². The molecule has 0 bridgehead atoms. The van der Waals surface area contributed by atoms with Crippen molar-refractivity contribution in [2.75, 3.05) is 6.54 Å². The first-order valence-electron chi connectivity index (χ1n) is 8.23. The van der Waals surface area contributed by atoms with Gasteiger partial charge in [-0.3, -0.25) is 9.59 Å². The Morgan fingerprint density at radius 3 is 2.58 bits per heavy atom. The summed E-state index contributed by atoms with van der Waals surface area (Å²) in [5.74, 6) is 5.31. The number of primary amides is 1.